The molecule has 0 saturated heterocycles. The van der Waals surface area contributed by atoms with Crippen LogP contribution >= 0.6 is 0 Å². The molecule has 2 amide bonds. The van der Waals surface area contributed by atoms with E-state index in [-0.39, 0.29) is 23.8 Å². The molecule has 5 heteroatoms. The lowest BCUT2D eigenvalue weighted by atomic mass is 9.88. The maximum absolute atomic E-state index is 13.1. The molecule has 0 aliphatic heterocycles. The van der Waals surface area contributed by atoms with E-state index in [4.69, 9.17) is 0 Å². The monoisotopic (exact) mass is 597 g/mol. The lowest BCUT2D eigenvalue weighted by Crippen LogP contribution is -2.34. The van der Waals surface area contributed by atoms with Crippen LogP contribution in [0.4, 0.5) is 0 Å². The van der Waals surface area contributed by atoms with Crippen LogP contribution in [0.3, 0.4) is 0 Å². The molecule has 0 fully saturated rings. The summed E-state index contributed by atoms with van der Waals surface area (Å²) in [6.45, 7) is 7.41. The Balaban J connectivity index is 1.74. The van der Waals surface area contributed by atoms with E-state index >= 15 is 0 Å². The van der Waals surface area contributed by atoms with E-state index in [0.717, 1.165) is 62.6 Å². The van der Waals surface area contributed by atoms with E-state index in [2.05, 4.69) is 123 Å². The van der Waals surface area contributed by atoms with Crippen molar-refractivity contribution in [1.29, 1.82) is 0 Å². The topological polar surface area (TPSA) is 61.4 Å². The molecule has 3 rings (SSSR count). The molecule has 238 valence electrons. The van der Waals surface area contributed by atoms with Crippen molar-refractivity contribution in [3.05, 3.63) is 107 Å². The van der Waals surface area contributed by atoms with Crippen LogP contribution in [0.5, 0.6) is 0 Å². The van der Waals surface area contributed by atoms with Crippen molar-refractivity contribution in [2.45, 2.75) is 78.2 Å². The number of carbonyl (C=O) groups excluding carboxylic acids is 2. The number of amides is 2. The minimum atomic E-state index is -0.126. The lowest BCUT2D eigenvalue weighted by Gasteiger charge is -2.23. The molecule has 0 radical (unpaired) electrons. The molecular formula is C39H55N3O2. The molecule has 3 aliphatic carbocycles. The average molecular weight is 598 g/mol. The molecular weight excluding hydrogens is 542 g/mol. The fraction of sp³-hybridized carbons (Fsp3) is 0.487. The van der Waals surface area contributed by atoms with Crippen LogP contribution in [-0.4, -0.2) is 50.4 Å². The Morgan fingerprint density at radius 1 is 1.07 bits per heavy atom. The largest absolute Gasteiger partial charge is 0.355 e. The van der Waals surface area contributed by atoms with Gasteiger partial charge in [-0.2, -0.15) is 0 Å². The molecule has 3 aliphatic rings. The molecule has 0 saturated carbocycles. The number of carbonyl (C=O) groups is 2. The van der Waals surface area contributed by atoms with Crippen LogP contribution in [0.1, 0.15) is 72.1 Å². The Hall–Kier alpha value is -3.44. The number of allylic oxidation sites excluding steroid dienone is 11. The average Bonchev–Trinajstić information content (AvgIpc) is 3.38. The first-order valence-corrected chi connectivity index (χ1v) is 16.5. The van der Waals surface area contributed by atoms with Crippen LogP contribution < -0.4 is 10.6 Å². The van der Waals surface area contributed by atoms with Gasteiger partial charge in [0.1, 0.15) is 0 Å². The Morgan fingerprint density at radius 2 is 1.89 bits per heavy atom. The van der Waals surface area contributed by atoms with Crippen molar-refractivity contribution in [2.75, 3.05) is 27.7 Å². The summed E-state index contributed by atoms with van der Waals surface area (Å²) in [6.07, 6.45) is 35.4. The summed E-state index contributed by atoms with van der Waals surface area (Å²) < 4.78 is 0. The maximum atomic E-state index is 13.1. The summed E-state index contributed by atoms with van der Waals surface area (Å²) in [7, 11) is 5.95. The van der Waals surface area contributed by atoms with Gasteiger partial charge in [-0.1, -0.05) is 123 Å². The number of nitrogens with one attached hydrogen (secondary N) is 2. The number of nitrogens with zero attached hydrogens (tertiary/aromatic N) is 1. The second-order valence-corrected chi connectivity index (χ2v) is 12.7. The molecule has 2 N–H and O–H groups in total. The van der Waals surface area contributed by atoms with Crippen molar-refractivity contribution < 1.29 is 9.59 Å². The molecule has 0 heterocycles. The van der Waals surface area contributed by atoms with Gasteiger partial charge in [0.2, 0.25) is 5.91 Å². The van der Waals surface area contributed by atoms with E-state index < -0.39 is 0 Å². The molecule has 4 atom stereocenters. The normalized spacial score (nSPS) is 24.1. The van der Waals surface area contributed by atoms with Crippen LogP contribution in [0.15, 0.2) is 107 Å². The zero-order valence-corrected chi connectivity index (χ0v) is 27.9. The highest BCUT2D eigenvalue weighted by molar-refractivity contribution is 5.97. The number of unbranched alkanes of at least 4 members (excludes halogenated alkanes) is 1. The zero-order valence-electron chi connectivity index (χ0n) is 27.9. The van der Waals surface area contributed by atoms with Crippen molar-refractivity contribution >= 4 is 11.8 Å². The first kappa shape index (κ1) is 35.0. The lowest BCUT2D eigenvalue weighted by molar-refractivity contribution is -0.118. The molecule has 0 aromatic carbocycles. The molecule has 0 aromatic rings. The summed E-state index contributed by atoms with van der Waals surface area (Å²) in [5.41, 5.74) is 5.51. The van der Waals surface area contributed by atoms with Crippen molar-refractivity contribution in [2.24, 2.45) is 17.8 Å². The second kappa shape index (κ2) is 18.4. The van der Waals surface area contributed by atoms with Crippen LogP contribution in [0.25, 0.3) is 0 Å². The summed E-state index contributed by atoms with van der Waals surface area (Å²) >= 11 is 0. The first-order valence-electron chi connectivity index (χ1n) is 16.5. The highest BCUT2D eigenvalue weighted by atomic mass is 16.2. The summed E-state index contributed by atoms with van der Waals surface area (Å²) in [6, 6.07) is -0.126. The van der Waals surface area contributed by atoms with Gasteiger partial charge in [-0.05, 0) is 70.9 Å². The predicted molar refractivity (Wildman–Crippen MR) is 186 cm³/mol. The fourth-order valence-electron chi connectivity index (χ4n) is 5.87. The van der Waals surface area contributed by atoms with E-state index in [9.17, 15) is 9.59 Å². The van der Waals surface area contributed by atoms with Crippen LogP contribution in [0.2, 0.25) is 0 Å². The van der Waals surface area contributed by atoms with Gasteiger partial charge in [0.05, 0.1) is 6.04 Å². The molecule has 0 aromatic heterocycles. The highest BCUT2D eigenvalue weighted by Crippen LogP contribution is 2.28. The summed E-state index contributed by atoms with van der Waals surface area (Å²) in [5, 5.41) is 6.11. The smallest absolute Gasteiger partial charge is 0.251 e. The molecule has 4 unspecified atom stereocenters. The van der Waals surface area contributed by atoms with Gasteiger partial charge in [0.25, 0.3) is 5.91 Å². The fourth-order valence-corrected chi connectivity index (χ4v) is 5.87. The number of rotatable bonds is 13. The number of hydrogen-bond donors (Lipinski definition) is 2. The third-order valence-electron chi connectivity index (χ3n) is 8.68. The standard InChI is InChI=1S/C39H55N3O2/c1-7-8-9-10-22-37(39(44)40-4)33-19-12-11-16-31(26-33)17-15-20-35(28-42(5)6)32-18-13-14-21-36(27-32)41-38(43)34-24-23-29(2)30(3)25-34/h9-12,14-16,20-21,23-25,27,29-30,35-36H,7-8,13,17-19,22,26,28H2,1-6H3,(H,40,44)(H,41,43). The van der Waals surface area contributed by atoms with Gasteiger partial charge in [-0.3, -0.25) is 9.59 Å². The second-order valence-electron chi connectivity index (χ2n) is 12.7. The third kappa shape index (κ3) is 11.2. The summed E-state index contributed by atoms with van der Waals surface area (Å²) in [4.78, 5) is 28.2. The zero-order chi connectivity index (χ0) is 31.9. The molecule has 5 nitrogen and oxygen atoms in total. The summed E-state index contributed by atoms with van der Waals surface area (Å²) in [5.74, 6) is 1.07. The van der Waals surface area contributed by atoms with Crippen molar-refractivity contribution in [1.82, 2.24) is 15.5 Å². The van der Waals surface area contributed by atoms with E-state index in [1.54, 1.807) is 7.05 Å². The Kier molecular flexibility index (Phi) is 14.6. The van der Waals surface area contributed by atoms with Gasteiger partial charge in [0, 0.05) is 30.7 Å². The minimum absolute atomic E-state index is 0.0129. The maximum Gasteiger partial charge on any atom is 0.251 e. The molecule has 0 bridgehead atoms. The van der Waals surface area contributed by atoms with Gasteiger partial charge >= 0.3 is 0 Å². The molecule has 0 spiro atoms. The van der Waals surface area contributed by atoms with Gasteiger partial charge < -0.3 is 15.5 Å². The number of likely N-dealkylation sites (N-methyl/N-ethyl adjacent to an activating group) is 1. The van der Waals surface area contributed by atoms with E-state index in [1.165, 1.54) is 16.7 Å². The van der Waals surface area contributed by atoms with Gasteiger partial charge in [-0.25, -0.2) is 0 Å². The minimum Gasteiger partial charge on any atom is -0.355 e. The van der Waals surface area contributed by atoms with E-state index in [0.29, 0.717) is 18.3 Å². The first-order chi connectivity index (χ1) is 21.2. The Bertz CT molecular complexity index is 1270. The number of hydrogen-bond acceptors (Lipinski definition) is 3. The van der Waals surface area contributed by atoms with Gasteiger partial charge in [-0.15, -0.1) is 0 Å². The van der Waals surface area contributed by atoms with E-state index in [1.807, 2.05) is 6.08 Å². The highest BCUT2D eigenvalue weighted by Gasteiger charge is 2.21. The molecule has 44 heavy (non-hydrogen) atoms. The third-order valence-corrected chi connectivity index (χ3v) is 8.68. The Morgan fingerprint density at radius 3 is 2.61 bits per heavy atom. The van der Waals surface area contributed by atoms with Crippen molar-refractivity contribution in [3.8, 4) is 0 Å². The van der Waals surface area contributed by atoms with Gasteiger partial charge in [0.15, 0.2) is 0 Å². The van der Waals surface area contributed by atoms with Crippen LogP contribution in [-0.2, 0) is 9.59 Å². The predicted octanol–water partition coefficient (Wildman–Crippen LogP) is 7.71. The Labute approximate surface area is 267 Å². The SMILES string of the molecule is CCCC=CCC(C(=O)NC)=C1CC=CC=C(CC=CC(CN(C)C)C2=CC(NC(=O)C3=CC(C)C(C)C=C3)C=CCC2)C1. The van der Waals surface area contributed by atoms with Crippen molar-refractivity contribution in [3.63, 3.8) is 0 Å². The quantitative estimate of drug-likeness (QED) is 0.169. The van der Waals surface area contributed by atoms with Crippen LogP contribution in [0, 0.1) is 17.8 Å².